The first-order valence-corrected chi connectivity index (χ1v) is 6.74. The molecule has 0 saturated heterocycles. The molecular formula is C15H15F3N4O. The lowest BCUT2D eigenvalue weighted by molar-refractivity contribution is -0.137. The Morgan fingerprint density at radius 2 is 1.96 bits per heavy atom. The molecule has 1 amide bonds. The van der Waals surface area contributed by atoms with Crippen LogP contribution in [-0.2, 0) is 24.6 Å². The van der Waals surface area contributed by atoms with E-state index in [0.29, 0.717) is 17.0 Å². The van der Waals surface area contributed by atoms with Gasteiger partial charge in [-0.05, 0) is 30.2 Å². The summed E-state index contributed by atoms with van der Waals surface area (Å²) in [5.74, 6) is 0.240. The summed E-state index contributed by atoms with van der Waals surface area (Å²) in [4.78, 5) is 11.8. The molecular weight excluding hydrogens is 309 g/mol. The molecule has 1 aromatic carbocycles. The van der Waals surface area contributed by atoms with Crippen LogP contribution in [0.25, 0.3) is 5.57 Å². The molecule has 0 spiro atoms. The van der Waals surface area contributed by atoms with E-state index in [1.807, 2.05) is 0 Å². The van der Waals surface area contributed by atoms with Crippen molar-refractivity contribution < 1.29 is 18.0 Å². The summed E-state index contributed by atoms with van der Waals surface area (Å²) in [6.07, 6.45) is -1.52. The zero-order valence-corrected chi connectivity index (χ0v) is 12.6. The van der Waals surface area contributed by atoms with Crippen molar-refractivity contribution in [2.24, 2.45) is 7.05 Å². The van der Waals surface area contributed by atoms with Crippen LogP contribution in [0.4, 0.5) is 13.2 Å². The van der Waals surface area contributed by atoms with Crippen molar-refractivity contribution in [3.63, 3.8) is 0 Å². The Morgan fingerprint density at radius 1 is 1.30 bits per heavy atom. The topological polar surface area (TPSA) is 59.8 Å². The molecule has 23 heavy (non-hydrogen) atoms. The second-order valence-electron chi connectivity index (χ2n) is 4.98. The number of carbonyl (C=O) groups excluding carboxylic acids is 1. The normalized spacial score (nSPS) is 12.3. The summed E-state index contributed by atoms with van der Waals surface area (Å²) in [7, 11) is 1.75. The van der Waals surface area contributed by atoms with Crippen molar-refractivity contribution in [2.75, 3.05) is 0 Å². The lowest BCUT2D eigenvalue weighted by Gasteiger charge is -2.08. The van der Waals surface area contributed by atoms with Crippen molar-refractivity contribution in [1.29, 1.82) is 0 Å². The molecule has 1 N–H and O–H groups in total. The molecule has 2 rings (SSSR count). The Kier molecular flexibility index (Phi) is 4.83. The van der Waals surface area contributed by atoms with Crippen molar-refractivity contribution >= 4 is 11.5 Å². The Labute approximate surface area is 130 Å². The van der Waals surface area contributed by atoms with Crippen molar-refractivity contribution in [3.05, 3.63) is 53.6 Å². The average Bonchev–Trinajstić information content (AvgIpc) is 2.89. The van der Waals surface area contributed by atoms with Gasteiger partial charge in [0.25, 0.3) is 0 Å². The fourth-order valence-electron chi connectivity index (χ4n) is 1.89. The van der Waals surface area contributed by atoms with Gasteiger partial charge in [0.05, 0.1) is 12.1 Å². The Bertz CT molecular complexity index is 717. The molecule has 0 bridgehead atoms. The predicted octanol–water partition coefficient (Wildman–Crippen LogP) is 2.55. The molecule has 0 saturated carbocycles. The van der Waals surface area contributed by atoms with Crippen LogP contribution in [0.5, 0.6) is 0 Å². The van der Waals surface area contributed by atoms with Gasteiger partial charge in [-0.15, -0.1) is 10.2 Å². The summed E-state index contributed by atoms with van der Waals surface area (Å²) in [5.41, 5.74) is 0.391. The average molecular weight is 324 g/mol. The molecule has 8 heteroatoms. The van der Waals surface area contributed by atoms with Crippen molar-refractivity contribution in [2.45, 2.75) is 19.6 Å². The lowest BCUT2D eigenvalue weighted by atomic mass is 10.0. The van der Waals surface area contributed by atoms with E-state index in [4.69, 9.17) is 0 Å². The second kappa shape index (κ2) is 6.64. The predicted molar refractivity (Wildman–Crippen MR) is 77.9 cm³/mol. The van der Waals surface area contributed by atoms with Crippen LogP contribution < -0.4 is 5.32 Å². The van der Waals surface area contributed by atoms with Gasteiger partial charge in [-0.2, -0.15) is 13.2 Å². The summed E-state index contributed by atoms with van der Waals surface area (Å²) in [6.45, 7) is 1.87. The molecule has 0 aliphatic heterocycles. The third-order valence-corrected chi connectivity index (χ3v) is 3.24. The highest BCUT2D eigenvalue weighted by atomic mass is 19.4. The number of halogens is 3. The summed E-state index contributed by atoms with van der Waals surface area (Å²) in [6, 6.07) is 4.66. The maximum Gasteiger partial charge on any atom is 0.416 e. The van der Waals surface area contributed by atoms with Gasteiger partial charge in [-0.1, -0.05) is 12.1 Å². The SMILES string of the molecule is CC(=CC(=O)NCc1nncn1C)c1ccc(C(F)(F)F)cc1. The number of alkyl halides is 3. The fourth-order valence-corrected chi connectivity index (χ4v) is 1.89. The maximum atomic E-state index is 12.5. The Balaban J connectivity index is 2.01. The molecule has 2 aromatic rings. The van der Waals surface area contributed by atoms with E-state index < -0.39 is 11.7 Å². The maximum absolute atomic E-state index is 12.5. The van der Waals surface area contributed by atoms with E-state index in [1.54, 1.807) is 18.5 Å². The molecule has 0 unspecified atom stereocenters. The molecule has 122 valence electrons. The first-order valence-electron chi connectivity index (χ1n) is 6.74. The largest absolute Gasteiger partial charge is 0.416 e. The first kappa shape index (κ1) is 16.7. The van der Waals surface area contributed by atoms with E-state index in [-0.39, 0.29) is 12.5 Å². The van der Waals surface area contributed by atoms with E-state index >= 15 is 0 Å². The van der Waals surface area contributed by atoms with Gasteiger partial charge in [-0.25, -0.2) is 0 Å². The fraction of sp³-hybridized carbons (Fsp3) is 0.267. The minimum Gasteiger partial charge on any atom is -0.345 e. The number of aromatic nitrogens is 3. The van der Waals surface area contributed by atoms with Crippen LogP contribution in [0, 0.1) is 0 Å². The van der Waals surface area contributed by atoms with Gasteiger partial charge in [-0.3, -0.25) is 4.79 Å². The van der Waals surface area contributed by atoms with Crippen LogP contribution in [0.3, 0.4) is 0 Å². The van der Waals surface area contributed by atoms with Crippen LogP contribution in [0.1, 0.15) is 23.9 Å². The molecule has 1 heterocycles. The highest BCUT2D eigenvalue weighted by Gasteiger charge is 2.29. The summed E-state index contributed by atoms with van der Waals surface area (Å²) >= 11 is 0. The quantitative estimate of drug-likeness (QED) is 0.879. The van der Waals surface area contributed by atoms with Crippen molar-refractivity contribution in [1.82, 2.24) is 20.1 Å². The Hall–Kier alpha value is -2.64. The number of nitrogens with one attached hydrogen (secondary N) is 1. The molecule has 0 atom stereocenters. The number of hydrogen-bond acceptors (Lipinski definition) is 3. The van der Waals surface area contributed by atoms with Crippen LogP contribution >= 0.6 is 0 Å². The summed E-state index contributed by atoms with van der Waals surface area (Å²) < 4.78 is 39.2. The zero-order chi connectivity index (χ0) is 17.0. The van der Waals surface area contributed by atoms with Crippen LogP contribution in [0.2, 0.25) is 0 Å². The number of benzene rings is 1. The summed E-state index contributed by atoms with van der Waals surface area (Å²) in [5, 5.41) is 10.2. The highest BCUT2D eigenvalue weighted by molar-refractivity contribution is 5.94. The minimum atomic E-state index is -4.37. The zero-order valence-electron chi connectivity index (χ0n) is 12.6. The molecule has 0 radical (unpaired) electrons. The minimum absolute atomic E-state index is 0.214. The van der Waals surface area contributed by atoms with Crippen LogP contribution in [0.15, 0.2) is 36.7 Å². The second-order valence-corrected chi connectivity index (χ2v) is 4.98. The number of rotatable bonds is 4. The monoisotopic (exact) mass is 324 g/mol. The van der Waals surface area contributed by atoms with Gasteiger partial charge in [0.2, 0.25) is 5.91 Å². The van der Waals surface area contributed by atoms with Crippen LogP contribution in [-0.4, -0.2) is 20.7 Å². The number of nitrogens with zero attached hydrogens (tertiary/aromatic N) is 3. The first-order chi connectivity index (χ1) is 10.8. The number of carbonyl (C=O) groups is 1. The number of allylic oxidation sites excluding steroid dienone is 1. The molecule has 0 aliphatic carbocycles. The van der Waals surface area contributed by atoms with E-state index in [0.717, 1.165) is 12.1 Å². The molecule has 1 aromatic heterocycles. The Morgan fingerprint density at radius 3 is 2.48 bits per heavy atom. The number of aryl methyl sites for hydroxylation is 1. The number of amides is 1. The number of hydrogen-bond donors (Lipinski definition) is 1. The standard InChI is InChI=1S/C15H15F3N4O/c1-10(11-3-5-12(6-4-11)15(16,17)18)7-14(23)19-8-13-21-20-9-22(13)2/h3-7,9H,8H2,1-2H3,(H,19,23). The molecule has 0 fully saturated rings. The van der Waals surface area contributed by atoms with Gasteiger partial charge in [0.15, 0.2) is 5.82 Å². The van der Waals surface area contributed by atoms with Gasteiger partial charge < -0.3 is 9.88 Å². The lowest BCUT2D eigenvalue weighted by Crippen LogP contribution is -2.22. The third kappa shape index (κ3) is 4.41. The van der Waals surface area contributed by atoms with E-state index in [9.17, 15) is 18.0 Å². The van der Waals surface area contributed by atoms with Gasteiger partial charge in [0.1, 0.15) is 6.33 Å². The van der Waals surface area contributed by atoms with E-state index in [2.05, 4.69) is 15.5 Å². The highest BCUT2D eigenvalue weighted by Crippen LogP contribution is 2.29. The van der Waals surface area contributed by atoms with Crippen molar-refractivity contribution in [3.8, 4) is 0 Å². The van der Waals surface area contributed by atoms with Gasteiger partial charge in [0, 0.05) is 13.1 Å². The smallest absolute Gasteiger partial charge is 0.345 e. The molecule has 5 nitrogen and oxygen atoms in total. The van der Waals surface area contributed by atoms with E-state index in [1.165, 1.54) is 24.5 Å². The van der Waals surface area contributed by atoms with Gasteiger partial charge >= 0.3 is 6.18 Å². The molecule has 0 aliphatic rings. The third-order valence-electron chi connectivity index (χ3n) is 3.24.